The van der Waals surface area contributed by atoms with Gasteiger partial charge in [-0.1, -0.05) is 24.3 Å². The zero-order chi connectivity index (χ0) is 23.6. The Labute approximate surface area is 204 Å². The molecule has 2 aromatic carbocycles. The third-order valence-corrected chi connectivity index (χ3v) is 6.29. The highest BCUT2D eigenvalue weighted by molar-refractivity contribution is 7.13. The van der Waals surface area contributed by atoms with E-state index in [9.17, 15) is 0 Å². The van der Waals surface area contributed by atoms with E-state index >= 15 is 0 Å². The number of nitrogens with zero attached hydrogens (tertiary/aromatic N) is 4. The van der Waals surface area contributed by atoms with Gasteiger partial charge in [0.05, 0.1) is 32.8 Å². The molecule has 0 N–H and O–H groups in total. The van der Waals surface area contributed by atoms with E-state index in [1.807, 2.05) is 36.8 Å². The Hall–Kier alpha value is -3.36. The first-order valence-corrected chi connectivity index (χ1v) is 12.1. The van der Waals surface area contributed by atoms with E-state index in [0.29, 0.717) is 26.3 Å². The number of benzene rings is 2. The van der Waals surface area contributed by atoms with Crippen molar-refractivity contribution in [1.29, 1.82) is 0 Å². The maximum Gasteiger partial charge on any atom is 0.186 e. The summed E-state index contributed by atoms with van der Waals surface area (Å²) >= 11 is 1.64. The molecule has 4 aromatic rings. The molecule has 0 aliphatic heterocycles. The topological polar surface area (TPSA) is 61.6 Å². The molecule has 7 nitrogen and oxygen atoms in total. The lowest BCUT2D eigenvalue weighted by Crippen LogP contribution is -2.22. The molecule has 4 rings (SSSR count). The lowest BCUT2D eigenvalue weighted by atomic mass is 10.1. The third-order valence-electron chi connectivity index (χ3n) is 5.34. The van der Waals surface area contributed by atoms with E-state index in [4.69, 9.17) is 19.2 Å². The van der Waals surface area contributed by atoms with Crippen molar-refractivity contribution >= 4 is 16.5 Å². The average molecular weight is 479 g/mol. The Bertz CT molecular complexity index is 1100. The number of rotatable bonds is 13. The van der Waals surface area contributed by atoms with Gasteiger partial charge in [0.15, 0.2) is 5.13 Å². The van der Waals surface area contributed by atoms with Crippen LogP contribution in [-0.4, -0.2) is 35.4 Å². The highest BCUT2D eigenvalue weighted by Gasteiger charge is 2.14. The zero-order valence-electron chi connectivity index (χ0n) is 19.6. The normalized spacial score (nSPS) is 10.9. The van der Waals surface area contributed by atoms with Crippen LogP contribution >= 0.6 is 11.3 Å². The van der Waals surface area contributed by atoms with Crippen LogP contribution in [0.2, 0.25) is 0 Å². The summed E-state index contributed by atoms with van der Waals surface area (Å²) in [7, 11) is 3.38. The number of methoxy groups -OCH3 is 2. The van der Waals surface area contributed by atoms with E-state index in [-0.39, 0.29) is 0 Å². The Kier molecular flexibility index (Phi) is 8.54. The van der Waals surface area contributed by atoms with Gasteiger partial charge in [0.1, 0.15) is 11.5 Å². The summed E-state index contributed by atoms with van der Waals surface area (Å²) in [4.78, 5) is 11.2. The summed E-state index contributed by atoms with van der Waals surface area (Å²) in [5, 5.41) is 3.04. The molecule has 2 aromatic heterocycles. The quantitative estimate of drug-likeness (QED) is 0.247. The predicted molar refractivity (Wildman–Crippen MR) is 134 cm³/mol. The molecule has 0 saturated heterocycles. The molecular weight excluding hydrogens is 448 g/mol. The second-order valence-corrected chi connectivity index (χ2v) is 8.72. The Morgan fingerprint density at radius 3 is 2.29 bits per heavy atom. The summed E-state index contributed by atoms with van der Waals surface area (Å²) in [6, 6.07) is 16.3. The van der Waals surface area contributed by atoms with E-state index < -0.39 is 0 Å². The van der Waals surface area contributed by atoms with Crippen LogP contribution in [0.1, 0.15) is 23.2 Å². The van der Waals surface area contributed by atoms with E-state index in [2.05, 4.69) is 44.1 Å². The van der Waals surface area contributed by atoms with Gasteiger partial charge in [-0.25, -0.2) is 9.97 Å². The van der Waals surface area contributed by atoms with Crippen molar-refractivity contribution in [3.8, 4) is 11.5 Å². The molecule has 0 amide bonds. The number of thiazole rings is 1. The van der Waals surface area contributed by atoms with Gasteiger partial charge in [-0.2, -0.15) is 0 Å². The van der Waals surface area contributed by atoms with Crippen molar-refractivity contribution in [2.45, 2.75) is 32.7 Å². The monoisotopic (exact) mass is 478 g/mol. The fourth-order valence-corrected chi connectivity index (χ4v) is 4.44. The smallest absolute Gasteiger partial charge is 0.186 e. The number of aromatic nitrogens is 3. The molecule has 2 heterocycles. The number of aryl methyl sites for hydroxylation is 1. The van der Waals surface area contributed by atoms with E-state index in [1.54, 1.807) is 31.8 Å². The molecule has 0 aliphatic carbocycles. The minimum atomic E-state index is 0.507. The van der Waals surface area contributed by atoms with Crippen molar-refractivity contribution in [2.24, 2.45) is 0 Å². The summed E-state index contributed by atoms with van der Waals surface area (Å²) < 4.78 is 18.7. The second-order valence-electron chi connectivity index (χ2n) is 7.89. The molecule has 0 bridgehead atoms. The fourth-order valence-electron chi connectivity index (χ4n) is 3.63. The van der Waals surface area contributed by atoms with E-state index in [1.165, 1.54) is 0 Å². The average Bonchev–Trinajstić information content (AvgIpc) is 3.56. The first-order valence-electron chi connectivity index (χ1n) is 11.2. The maximum atomic E-state index is 5.87. The van der Waals surface area contributed by atoms with Gasteiger partial charge in [0.2, 0.25) is 0 Å². The minimum absolute atomic E-state index is 0.507. The van der Waals surface area contributed by atoms with Gasteiger partial charge in [-0.3, -0.25) is 0 Å². The molecule has 0 unspecified atom stereocenters. The molecule has 8 heteroatoms. The molecule has 0 fully saturated rings. The van der Waals surface area contributed by atoms with Crippen molar-refractivity contribution in [3.05, 3.63) is 89.5 Å². The number of hydrogen-bond donors (Lipinski definition) is 0. The first kappa shape index (κ1) is 23.8. The molecular formula is C26H30N4O3S. The molecule has 0 saturated carbocycles. The number of ether oxygens (including phenoxy) is 3. The molecule has 178 valence electrons. The summed E-state index contributed by atoms with van der Waals surface area (Å²) in [5.41, 5.74) is 3.27. The molecule has 0 atom stereocenters. The molecule has 0 radical (unpaired) electrons. The summed E-state index contributed by atoms with van der Waals surface area (Å²) in [6.07, 6.45) is 6.52. The predicted octanol–water partition coefficient (Wildman–Crippen LogP) is 5.17. The fraction of sp³-hybridized carbons (Fsp3) is 0.308. The minimum Gasteiger partial charge on any atom is -0.497 e. The van der Waals surface area contributed by atoms with Crippen LogP contribution in [0.15, 0.2) is 72.6 Å². The highest BCUT2D eigenvalue weighted by atomic mass is 32.1. The highest BCUT2D eigenvalue weighted by Crippen LogP contribution is 2.27. The van der Waals surface area contributed by atoms with Crippen molar-refractivity contribution < 1.29 is 14.2 Å². The van der Waals surface area contributed by atoms with Crippen molar-refractivity contribution in [1.82, 2.24) is 14.5 Å². The lowest BCUT2D eigenvalue weighted by molar-refractivity contribution is 0.113. The second kappa shape index (κ2) is 12.2. The van der Waals surface area contributed by atoms with Crippen LogP contribution in [0, 0.1) is 0 Å². The van der Waals surface area contributed by atoms with Crippen LogP contribution in [-0.2, 0) is 31.0 Å². The van der Waals surface area contributed by atoms with Crippen LogP contribution in [0.3, 0.4) is 0 Å². The summed E-state index contributed by atoms with van der Waals surface area (Å²) in [5.74, 6) is 1.70. The van der Waals surface area contributed by atoms with Gasteiger partial charge in [-0.05, 0) is 41.8 Å². The van der Waals surface area contributed by atoms with Gasteiger partial charge in [0, 0.05) is 44.0 Å². The maximum absolute atomic E-state index is 5.87. The summed E-state index contributed by atoms with van der Waals surface area (Å²) in [6.45, 7) is 3.52. The number of hydrogen-bond acceptors (Lipinski definition) is 7. The standard InChI is InChI=1S/C26H30N4O3S/c1-31-24-8-3-6-21(14-24)16-30(17-22-7-4-9-25(15-22)32-2)26-28-23(19-34-26)18-33-13-5-11-29-12-10-27-20-29/h3-4,6-10,12,14-15,19-20H,5,11,13,16-18H2,1-2H3. The number of imidazole rings is 1. The SMILES string of the molecule is COc1cccc(CN(Cc2cccc(OC)c2)c2nc(COCCCn3ccnc3)cs2)c1. The van der Waals surface area contributed by atoms with Gasteiger partial charge in [0.25, 0.3) is 0 Å². The first-order chi connectivity index (χ1) is 16.7. The Morgan fingerprint density at radius 1 is 0.971 bits per heavy atom. The van der Waals surface area contributed by atoms with Crippen LogP contribution in [0.5, 0.6) is 11.5 Å². The van der Waals surface area contributed by atoms with Gasteiger partial charge < -0.3 is 23.7 Å². The Balaban J connectivity index is 1.41. The van der Waals surface area contributed by atoms with Crippen molar-refractivity contribution in [2.75, 3.05) is 25.7 Å². The molecule has 0 spiro atoms. The zero-order valence-corrected chi connectivity index (χ0v) is 20.4. The van der Waals surface area contributed by atoms with Crippen LogP contribution in [0.25, 0.3) is 0 Å². The number of anilines is 1. The third kappa shape index (κ3) is 6.82. The van der Waals surface area contributed by atoms with Crippen LogP contribution in [0.4, 0.5) is 5.13 Å². The van der Waals surface area contributed by atoms with Crippen molar-refractivity contribution in [3.63, 3.8) is 0 Å². The molecule has 0 aliphatic rings. The van der Waals surface area contributed by atoms with Gasteiger partial charge in [-0.15, -0.1) is 11.3 Å². The Morgan fingerprint density at radius 2 is 1.68 bits per heavy atom. The van der Waals surface area contributed by atoms with Crippen LogP contribution < -0.4 is 14.4 Å². The lowest BCUT2D eigenvalue weighted by Gasteiger charge is -2.22. The molecule has 34 heavy (non-hydrogen) atoms. The van der Waals surface area contributed by atoms with Gasteiger partial charge >= 0.3 is 0 Å². The van der Waals surface area contributed by atoms with E-state index in [0.717, 1.165) is 46.4 Å². The largest absolute Gasteiger partial charge is 0.497 e.